The summed E-state index contributed by atoms with van der Waals surface area (Å²) >= 11 is 0. The number of carbonyl (C=O) groups is 4. The highest BCUT2D eigenvalue weighted by atomic mass is 16.4. The molecule has 11 heteroatoms. The number of guanidine groups is 1. The molecule has 0 aliphatic carbocycles. The van der Waals surface area contributed by atoms with E-state index in [2.05, 4.69) is 20.9 Å². The molecule has 0 aromatic heterocycles. The Balaban J connectivity index is 4.46. The van der Waals surface area contributed by atoms with E-state index in [-0.39, 0.29) is 24.8 Å². The standard InChI is InChI=1S/C15H28N6O5/c1-9(13(25)18-7-4-6-12(23)24)20-14(26)11(21-10(2)22)5-3-8-19-15(16)17/h9,11H,3-8H2,1-2H3,(H,18,25)(H,20,26)(H,21,22)(H,23,24)(H4,16,17,19)/t9-,11-/m0/s1. The molecular weight excluding hydrogens is 344 g/mol. The first kappa shape index (κ1) is 23.1. The van der Waals surface area contributed by atoms with Gasteiger partial charge in [0, 0.05) is 26.4 Å². The highest BCUT2D eigenvalue weighted by Crippen LogP contribution is 2.00. The van der Waals surface area contributed by atoms with Crippen LogP contribution >= 0.6 is 0 Å². The molecule has 26 heavy (non-hydrogen) atoms. The number of nitrogens with one attached hydrogen (secondary N) is 3. The number of hydrogen-bond acceptors (Lipinski definition) is 5. The maximum Gasteiger partial charge on any atom is 0.303 e. The summed E-state index contributed by atoms with van der Waals surface area (Å²) in [5, 5.41) is 16.1. The van der Waals surface area contributed by atoms with E-state index in [1.807, 2.05) is 0 Å². The second-order valence-corrected chi connectivity index (χ2v) is 5.72. The van der Waals surface area contributed by atoms with Crippen LogP contribution in [0.4, 0.5) is 0 Å². The third-order valence-electron chi connectivity index (χ3n) is 3.26. The van der Waals surface area contributed by atoms with Gasteiger partial charge in [-0.1, -0.05) is 0 Å². The number of nitrogens with zero attached hydrogens (tertiary/aromatic N) is 1. The Morgan fingerprint density at radius 3 is 2.27 bits per heavy atom. The molecule has 0 aliphatic rings. The third kappa shape index (κ3) is 11.6. The Morgan fingerprint density at radius 2 is 1.73 bits per heavy atom. The van der Waals surface area contributed by atoms with Crippen molar-refractivity contribution in [1.29, 1.82) is 0 Å². The van der Waals surface area contributed by atoms with Crippen molar-refractivity contribution >= 4 is 29.7 Å². The molecule has 0 unspecified atom stereocenters. The number of hydrogen-bond donors (Lipinski definition) is 6. The highest BCUT2D eigenvalue weighted by molar-refractivity contribution is 5.91. The van der Waals surface area contributed by atoms with E-state index < -0.39 is 29.9 Å². The topological polar surface area (TPSA) is 189 Å². The lowest BCUT2D eigenvalue weighted by Gasteiger charge is -2.20. The molecule has 0 radical (unpaired) electrons. The first-order valence-electron chi connectivity index (χ1n) is 8.25. The largest absolute Gasteiger partial charge is 0.481 e. The molecule has 0 saturated carbocycles. The van der Waals surface area contributed by atoms with E-state index in [4.69, 9.17) is 16.6 Å². The minimum atomic E-state index is -0.945. The summed E-state index contributed by atoms with van der Waals surface area (Å²) in [6, 6.07) is -1.65. The predicted molar refractivity (Wildman–Crippen MR) is 95.0 cm³/mol. The van der Waals surface area contributed by atoms with Crippen molar-refractivity contribution in [2.24, 2.45) is 16.5 Å². The molecule has 0 aromatic rings. The second-order valence-electron chi connectivity index (χ2n) is 5.72. The average Bonchev–Trinajstić information content (AvgIpc) is 2.53. The van der Waals surface area contributed by atoms with Gasteiger partial charge >= 0.3 is 5.97 Å². The van der Waals surface area contributed by atoms with Crippen molar-refractivity contribution in [1.82, 2.24) is 16.0 Å². The fraction of sp³-hybridized carbons (Fsp3) is 0.667. The lowest BCUT2D eigenvalue weighted by molar-refractivity contribution is -0.137. The summed E-state index contributed by atoms with van der Waals surface area (Å²) in [7, 11) is 0. The van der Waals surface area contributed by atoms with Gasteiger partial charge in [0.2, 0.25) is 17.7 Å². The maximum absolute atomic E-state index is 12.3. The number of amides is 3. The van der Waals surface area contributed by atoms with Gasteiger partial charge in [-0.15, -0.1) is 0 Å². The first-order chi connectivity index (χ1) is 12.1. The Labute approximate surface area is 152 Å². The zero-order chi connectivity index (χ0) is 20.1. The number of rotatable bonds is 12. The van der Waals surface area contributed by atoms with Gasteiger partial charge in [0.25, 0.3) is 0 Å². The quantitative estimate of drug-likeness (QED) is 0.130. The van der Waals surface area contributed by atoms with Crippen LogP contribution < -0.4 is 27.4 Å². The van der Waals surface area contributed by atoms with E-state index in [9.17, 15) is 19.2 Å². The summed E-state index contributed by atoms with van der Waals surface area (Å²) in [5.74, 6) is -2.32. The number of carboxylic acid groups (broad SMARTS) is 1. The van der Waals surface area contributed by atoms with Crippen LogP contribution in [0.1, 0.15) is 39.5 Å². The number of aliphatic imine (C=N–C) groups is 1. The summed E-state index contributed by atoms with van der Waals surface area (Å²) in [4.78, 5) is 49.6. The van der Waals surface area contributed by atoms with E-state index in [0.29, 0.717) is 25.8 Å². The highest BCUT2D eigenvalue weighted by Gasteiger charge is 2.23. The Kier molecular flexibility index (Phi) is 11.1. The SMILES string of the molecule is CC(=O)N[C@@H](CCCN=C(N)N)C(=O)N[C@@H](C)C(=O)NCCCC(=O)O. The molecule has 148 valence electrons. The monoisotopic (exact) mass is 372 g/mol. The minimum absolute atomic E-state index is 0.0541. The summed E-state index contributed by atoms with van der Waals surface area (Å²) in [6.45, 7) is 3.29. The molecule has 0 fully saturated rings. The number of carboxylic acids is 1. The first-order valence-corrected chi connectivity index (χ1v) is 8.25. The summed E-state index contributed by atoms with van der Waals surface area (Å²) in [6.07, 6.45) is 1.00. The van der Waals surface area contributed by atoms with Gasteiger partial charge in [-0.05, 0) is 26.2 Å². The molecule has 0 spiro atoms. The van der Waals surface area contributed by atoms with Gasteiger partial charge in [-0.25, -0.2) is 0 Å². The van der Waals surface area contributed by atoms with E-state index in [1.54, 1.807) is 0 Å². The normalized spacial score (nSPS) is 12.4. The Bertz CT molecular complexity index is 533. The van der Waals surface area contributed by atoms with Crippen molar-refractivity contribution in [2.75, 3.05) is 13.1 Å². The molecule has 0 aromatic carbocycles. The van der Waals surface area contributed by atoms with Crippen LogP contribution in [0, 0.1) is 0 Å². The number of aliphatic carboxylic acids is 1. The van der Waals surface area contributed by atoms with Crippen molar-refractivity contribution in [3.05, 3.63) is 0 Å². The number of carbonyl (C=O) groups excluding carboxylic acids is 3. The van der Waals surface area contributed by atoms with Gasteiger partial charge in [0.1, 0.15) is 12.1 Å². The van der Waals surface area contributed by atoms with Crippen molar-refractivity contribution in [2.45, 2.75) is 51.6 Å². The molecule has 0 saturated heterocycles. The van der Waals surface area contributed by atoms with Crippen LogP contribution in [-0.2, 0) is 19.2 Å². The molecule has 0 aliphatic heterocycles. The smallest absolute Gasteiger partial charge is 0.303 e. The maximum atomic E-state index is 12.3. The van der Waals surface area contributed by atoms with Crippen LogP contribution in [0.2, 0.25) is 0 Å². The van der Waals surface area contributed by atoms with Crippen LogP contribution in [0.25, 0.3) is 0 Å². The van der Waals surface area contributed by atoms with E-state index in [1.165, 1.54) is 13.8 Å². The van der Waals surface area contributed by atoms with Gasteiger partial charge in [0.15, 0.2) is 5.96 Å². The predicted octanol–water partition coefficient (Wildman–Crippen LogP) is -1.97. The second kappa shape index (κ2) is 12.5. The van der Waals surface area contributed by atoms with Crippen LogP contribution in [0.15, 0.2) is 4.99 Å². The van der Waals surface area contributed by atoms with Gasteiger partial charge < -0.3 is 32.5 Å². The fourth-order valence-electron chi connectivity index (χ4n) is 2.00. The van der Waals surface area contributed by atoms with E-state index in [0.717, 1.165) is 0 Å². The molecule has 11 nitrogen and oxygen atoms in total. The van der Waals surface area contributed by atoms with Crippen LogP contribution in [-0.4, -0.2) is 59.9 Å². The zero-order valence-corrected chi connectivity index (χ0v) is 15.1. The van der Waals surface area contributed by atoms with Crippen LogP contribution in [0.3, 0.4) is 0 Å². The molecule has 0 rings (SSSR count). The average molecular weight is 372 g/mol. The molecule has 2 atom stereocenters. The molecule has 0 bridgehead atoms. The van der Waals surface area contributed by atoms with Gasteiger partial charge in [-0.3, -0.25) is 24.2 Å². The fourth-order valence-corrected chi connectivity index (χ4v) is 2.00. The lowest BCUT2D eigenvalue weighted by atomic mass is 10.1. The molecular formula is C15H28N6O5. The Morgan fingerprint density at radius 1 is 1.08 bits per heavy atom. The lowest BCUT2D eigenvalue weighted by Crippen LogP contribution is -2.52. The Hall–Kier alpha value is -2.85. The minimum Gasteiger partial charge on any atom is -0.481 e. The molecule has 3 amide bonds. The van der Waals surface area contributed by atoms with Crippen molar-refractivity contribution in [3.8, 4) is 0 Å². The number of nitrogens with two attached hydrogens (primary N) is 2. The molecule has 0 heterocycles. The summed E-state index contributed by atoms with van der Waals surface area (Å²) < 4.78 is 0. The summed E-state index contributed by atoms with van der Waals surface area (Å²) in [5.41, 5.74) is 10.4. The van der Waals surface area contributed by atoms with Gasteiger partial charge in [-0.2, -0.15) is 0 Å². The molecule has 8 N–H and O–H groups in total. The third-order valence-corrected chi connectivity index (χ3v) is 3.26. The van der Waals surface area contributed by atoms with Crippen molar-refractivity contribution < 1.29 is 24.3 Å². The van der Waals surface area contributed by atoms with Crippen molar-refractivity contribution in [3.63, 3.8) is 0 Å². The van der Waals surface area contributed by atoms with Crippen LogP contribution in [0.5, 0.6) is 0 Å². The van der Waals surface area contributed by atoms with Gasteiger partial charge in [0.05, 0.1) is 0 Å². The zero-order valence-electron chi connectivity index (χ0n) is 15.1. The van der Waals surface area contributed by atoms with E-state index >= 15 is 0 Å².